The van der Waals surface area contributed by atoms with Gasteiger partial charge in [0.25, 0.3) is 0 Å². The normalized spacial score (nSPS) is 28.8. The van der Waals surface area contributed by atoms with Crippen molar-refractivity contribution in [2.75, 3.05) is 0 Å². The van der Waals surface area contributed by atoms with Crippen LogP contribution in [0.3, 0.4) is 0 Å². The first-order chi connectivity index (χ1) is 7.48. The van der Waals surface area contributed by atoms with Gasteiger partial charge in [-0.2, -0.15) is 4.31 Å². The molecule has 0 N–H and O–H groups in total. The molecule has 0 amide bonds. The summed E-state index contributed by atoms with van der Waals surface area (Å²) in [5.41, 5.74) is 1.00. The number of aldehydes is 1. The molecule has 0 bridgehead atoms. The van der Waals surface area contributed by atoms with E-state index in [1.807, 2.05) is 6.92 Å². The Hall–Kier alpha value is -1.20. The van der Waals surface area contributed by atoms with Crippen molar-refractivity contribution in [3.8, 4) is 0 Å². The lowest BCUT2D eigenvalue weighted by molar-refractivity contribution is -0.107. The maximum atomic E-state index is 12.1. The fourth-order valence-electron chi connectivity index (χ4n) is 1.73. The van der Waals surface area contributed by atoms with Gasteiger partial charge in [0.1, 0.15) is 6.29 Å². The monoisotopic (exact) mass is 239 g/mol. The standard InChI is InChI=1S/C11H13NO3S/c1-8-3-5-10(6-4-8)16(14,15)12-9(2)11(12)7-13/h3-7,9,11H,1-2H3. The van der Waals surface area contributed by atoms with Crippen molar-refractivity contribution in [2.24, 2.45) is 0 Å². The van der Waals surface area contributed by atoms with E-state index < -0.39 is 16.1 Å². The molecule has 3 unspecified atom stereocenters. The molecule has 86 valence electrons. The maximum Gasteiger partial charge on any atom is 0.244 e. The number of hydrogen-bond donors (Lipinski definition) is 0. The Kier molecular flexibility index (Phi) is 2.59. The summed E-state index contributed by atoms with van der Waals surface area (Å²) in [6, 6.07) is 5.92. The number of benzene rings is 1. The zero-order valence-electron chi connectivity index (χ0n) is 9.12. The van der Waals surface area contributed by atoms with E-state index in [-0.39, 0.29) is 10.9 Å². The van der Waals surface area contributed by atoms with Crippen LogP contribution in [0.2, 0.25) is 0 Å². The van der Waals surface area contributed by atoms with E-state index in [1.54, 1.807) is 31.2 Å². The Labute approximate surface area is 94.9 Å². The molecular weight excluding hydrogens is 226 g/mol. The largest absolute Gasteiger partial charge is 0.302 e. The van der Waals surface area contributed by atoms with E-state index >= 15 is 0 Å². The quantitative estimate of drug-likeness (QED) is 0.583. The third-order valence-corrected chi connectivity index (χ3v) is 4.83. The van der Waals surface area contributed by atoms with Crippen molar-refractivity contribution < 1.29 is 13.2 Å². The van der Waals surface area contributed by atoms with Gasteiger partial charge in [0, 0.05) is 6.04 Å². The first kappa shape index (κ1) is 11.3. The third kappa shape index (κ3) is 1.66. The Morgan fingerprint density at radius 2 is 1.81 bits per heavy atom. The molecule has 1 aromatic rings. The van der Waals surface area contributed by atoms with Gasteiger partial charge in [-0.3, -0.25) is 0 Å². The molecule has 1 fully saturated rings. The fourth-order valence-corrected chi connectivity index (χ4v) is 3.51. The van der Waals surface area contributed by atoms with Crippen LogP contribution in [0.4, 0.5) is 0 Å². The zero-order valence-corrected chi connectivity index (χ0v) is 9.94. The summed E-state index contributed by atoms with van der Waals surface area (Å²) in [7, 11) is -3.49. The maximum absolute atomic E-state index is 12.1. The third-order valence-electron chi connectivity index (χ3n) is 2.84. The van der Waals surface area contributed by atoms with E-state index in [2.05, 4.69) is 0 Å². The van der Waals surface area contributed by atoms with Gasteiger partial charge in [-0.1, -0.05) is 17.7 Å². The summed E-state index contributed by atoms with van der Waals surface area (Å²) >= 11 is 0. The minimum absolute atomic E-state index is 0.219. The number of carbonyl (C=O) groups is 1. The topological polar surface area (TPSA) is 54.2 Å². The Morgan fingerprint density at radius 3 is 2.25 bits per heavy atom. The van der Waals surface area contributed by atoms with E-state index in [9.17, 15) is 13.2 Å². The molecule has 16 heavy (non-hydrogen) atoms. The number of sulfonamides is 1. The van der Waals surface area contributed by atoms with Crippen LogP contribution < -0.4 is 0 Å². The average molecular weight is 239 g/mol. The molecule has 0 aromatic heterocycles. The van der Waals surface area contributed by atoms with Crippen LogP contribution in [0, 0.1) is 6.92 Å². The highest BCUT2D eigenvalue weighted by Gasteiger charge is 2.52. The van der Waals surface area contributed by atoms with Crippen LogP contribution in [0.5, 0.6) is 0 Å². The lowest BCUT2D eigenvalue weighted by Gasteiger charge is -2.05. The van der Waals surface area contributed by atoms with Crippen molar-refractivity contribution in [3.05, 3.63) is 29.8 Å². The molecule has 1 aromatic carbocycles. The first-order valence-electron chi connectivity index (χ1n) is 5.04. The summed E-state index contributed by atoms with van der Waals surface area (Å²) in [6.45, 7) is 3.62. The summed E-state index contributed by atoms with van der Waals surface area (Å²) in [6.07, 6.45) is 0.677. The lowest BCUT2D eigenvalue weighted by atomic mass is 10.2. The molecule has 5 heteroatoms. The van der Waals surface area contributed by atoms with Crippen molar-refractivity contribution in [1.82, 2.24) is 4.31 Å². The molecule has 1 heterocycles. The highest BCUT2D eigenvalue weighted by molar-refractivity contribution is 7.89. The fraction of sp³-hybridized carbons (Fsp3) is 0.364. The van der Waals surface area contributed by atoms with Gasteiger partial charge in [-0.25, -0.2) is 8.42 Å². The van der Waals surface area contributed by atoms with Crippen molar-refractivity contribution in [3.63, 3.8) is 0 Å². The number of hydrogen-bond acceptors (Lipinski definition) is 3. The van der Waals surface area contributed by atoms with Crippen LogP contribution in [-0.2, 0) is 14.8 Å². The van der Waals surface area contributed by atoms with Gasteiger partial charge >= 0.3 is 0 Å². The SMILES string of the molecule is Cc1ccc(S(=O)(=O)N2C(C)C2C=O)cc1. The van der Waals surface area contributed by atoms with Gasteiger partial charge in [0.05, 0.1) is 10.9 Å². The lowest BCUT2D eigenvalue weighted by Crippen LogP contribution is -2.15. The second kappa shape index (κ2) is 3.68. The molecule has 0 saturated carbocycles. The average Bonchev–Trinajstić information content (AvgIpc) is 2.90. The number of rotatable bonds is 3. The predicted octanol–water partition coefficient (Wildman–Crippen LogP) is 0.955. The minimum atomic E-state index is -3.49. The van der Waals surface area contributed by atoms with Gasteiger partial charge in [0.2, 0.25) is 10.0 Å². The molecule has 0 spiro atoms. The van der Waals surface area contributed by atoms with Gasteiger partial charge < -0.3 is 4.79 Å². The Morgan fingerprint density at radius 1 is 1.25 bits per heavy atom. The second-order valence-corrected chi connectivity index (χ2v) is 5.86. The summed E-state index contributed by atoms with van der Waals surface area (Å²) < 4.78 is 25.3. The van der Waals surface area contributed by atoms with Crippen molar-refractivity contribution in [1.29, 1.82) is 0 Å². The van der Waals surface area contributed by atoms with Gasteiger partial charge in [-0.15, -0.1) is 0 Å². The Balaban J connectivity index is 2.34. The minimum Gasteiger partial charge on any atom is -0.302 e. The summed E-state index contributed by atoms with van der Waals surface area (Å²) in [5, 5.41) is 0. The smallest absolute Gasteiger partial charge is 0.244 e. The summed E-state index contributed by atoms with van der Waals surface area (Å²) in [5.74, 6) is 0. The highest BCUT2D eigenvalue weighted by atomic mass is 32.2. The summed E-state index contributed by atoms with van der Waals surface area (Å²) in [4.78, 5) is 10.9. The second-order valence-electron chi connectivity index (χ2n) is 4.02. The Bertz CT molecular complexity index is 507. The first-order valence-corrected chi connectivity index (χ1v) is 6.48. The molecule has 1 aliphatic rings. The molecule has 0 radical (unpaired) electrons. The number of aryl methyl sites for hydroxylation is 1. The van der Waals surface area contributed by atoms with E-state index in [0.29, 0.717) is 6.29 Å². The molecule has 3 atom stereocenters. The molecule has 4 nitrogen and oxygen atoms in total. The van der Waals surface area contributed by atoms with Crippen LogP contribution in [-0.4, -0.2) is 31.1 Å². The van der Waals surface area contributed by atoms with E-state index in [0.717, 1.165) is 5.56 Å². The molecule has 2 rings (SSSR count). The van der Waals surface area contributed by atoms with Gasteiger partial charge in [-0.05, 0) is 26.0 Å². The van der Waals surface area contributed by atoms with Crippen molar-refractivity contribution in [2.45, 2.75) is 30.8 Å². The highest BCUT2D eigenvalue weighted by Crippen LogP contribution is 2.34. The van der Waals surface area contributed by atoms with Gasteiger partial charge in [0.15, 0.2) is 0 Å². The predicted molar refractivity (Wildman–Crippen MR) is 59.5 cm³/mol. The van der Waals surface area contributed by atoms with Crippen molar-refractivity contribution >= 4 is 16.3 Å². The van der Waals surface area contributed by atoms with Crippen LogP contribution in [0.25, 0.3) is 0 Å². The molecule has 1 aliphatic heterocycles. The van der Waals surface area contributed by atoms with Crippen LogP contribution in [0.15, 0.2) is 29.2 Å². The van der Waals surface area contributed by atoms with Crippen LogP contribution in [0.1, 0.15) is 12.5 Å². The van der Waals surface area contributed by atoms with Crippen LogP contribution >= 0.6 is 0 Å². The van der Waals surface area contributed by atoms with E-state index in [4.69, 9.17) is 0 Å². The number of nitrogens with zero attached hydrogens (tertiary/aromatic N) is 1. The molecule has 1 saturated heterocycles. The molecule has 0 aliphatic carbocycles. The number of carbonyl (C=O) groups excluding carboxylic acids is 1. The zero-order chi connectivity index (χ0) is 11.9. The van der Waals surface area contributed by atoms with E-state index in [1.165, 1.54) is 4.31 Å². The molecular formula is C11H13NO3S.